The topological polar surface area (TPSA) is 49.7 Å². The van der Waals surface area contributed by atoms with E-state index in [-0.39, 0.29) is 23.0 Å². The van der Waals surface area contributed by atoms with Crippen LogP contribution in [0.5, 0.6) is 0 Å². The number of hydrogen-bond acceptors (Lipinski definition) is 3. The van der Waals surface area contributed by atoms with Gasteiger partial charge in [-0.25, -0.2) is 0 Å². The van der Waals surface area contributed by atoms with Gasteiger partial charge in [0.1, 0.15) is 0 Å². The highest BCUT2D eigenvalue weighted by molar-refractivity contribution is 5.15. The van der Waals surface area contributed by atoms with Crippen molar-refractivity contribution in [1.82, 2.24) is 0 Å². The van der Waals surface area contributed by atoms with Gasteiger partial charge in [-0.15, -0.1) is 0 Å². The van der Waals surface area contributed by atoms with Gasteiger partial charge in [0, 0.05) is 13.0 Å². The number of aliphatic hydroxyl groups excluding tert-OH is 1. The predicted molar refractivity (Wildman–Crippen MR) is 99.2 cm³/mol. The molecule has 0 radical (unpaired) electrons. The van der Waals surface area contributed by atoms with Crippen LogP contribution in [0.25, 0.3) is 0 Å². The van der Waals surface area contributed by atoms with Gasteiger partial charge in [-0.3, -0.25) is 0 Å². The Morgan fingerprint density at radius 2 is 1.96 bits per heavy atom. The van der Waals surface area contributed by atoms with Crippen LogP contribution in [0.4, 0.5) is 0 Å². The maximum absolute atomic E-state index is 11.7. The van der Waals surface area contributed by atoms with E-state index in [2.05, 4.69) is 20.8 Å². The third-order valence-corrected chi connectivity index (χ3v) is 9.11. The van der Waals surface area contributed by atoms with E-state index in [4.69, 9.17) is 4.74 Å². The molecular weight excluding hydrogens is 312 g/mol. The zero-order valence-corrected chi connectivity index (χ0v) is 16.5. The molecule has 4 fully saturated rings. The molecule has 2 N–H and O–H groups in total. The molecule has 3 nitrogen and oxygen atoms in total. The smallest absolute Gasteiger partial charge is 0.0753 e. The zero-order valence-electron chi connectivity index (χ0n) is 16.5. The zero-order chi connectivity index (χ0) is 17.9. The fourth-order valence-corrected chi connectivity index (χ4v) is 7.84. The van der Waals surface area contributed by atoms with Gasteiger partial charge in [0.05, 0.1) is 17.3 Å². The van der Waals surface area contributed by atoms with Crippen molar-refractivity contribution in [2.75, 3.05) is 6.61 Å². The first kappa shape index (κ1) is 18.3. The normalized spacial score (nSPS) is 55.8. The van der Waals surface area contributed by atoms with Gasteiger partial charge in [-0.2, -0.15) is 0 Å². The molecule has 3 aliphatic carbocycles. The summed E-state index contributed by atoms with van der Waals surface area (Å²) in [4.78, 5) is 0. The Morgan fingerprint density at radius 3 is 2.64 bits per heavy atom. The van der Waals surface area contributed by atoms with E-state index in [1.165, 1.54) is 38.5 Å². The van der Waals surface area contributed by atoms with Gasteiger partial charge in [0.25, 0.3) is 0 Å². The number of rotatable bonds is 2. The first-order valence-electron chi connectivity index (χ1n) is 10.9. The lowest BCUT2D eigenvalue weighted by Gasteiger charge is -2.66. The summed E-state index contributed by atoms with van der Waals surface area (Å²) in [6, 6.07) is 0. The van der Waals surface area contributed by atoms with Crippen molar-refractivity contribution < 1.29 is 14.9 Å². The Labute approximate surface area is 153 Å². The molecule has 0 aromatic rings. The molecule has 1 saturated heterocycles. The molecule has 0 bridgehead atoms. The Kier molecular flexibility index (Phi) is 4.53. The van der Waals surface area contributed by atoms with Crippen LogP contribution in [0.2, 0.25) is 0 Å². The highest BCUT2D eigenvalue weighted by Crippen LogP contribution is 2.66. The summed E-state index contributed by atoms with van der Waals surface area (Å²) in [6.07, 6.45) is 10.5. The predicted octanol–water partition coefficient (Wildman–Crippen LogP) is 4.30. The van der Waals surface area contributed by atoms with Gasteiger partial charge >= 0.3 is 0 Å². The van der Waals surface area contributed by atoms with Crippen molar-refractivity contribution >= 4 is 0 Å². The van der Waals surface area contributed by atoms with Crippen LogP contribution in [0.15, 0.2) is 0 Å². The summed E-state index contributed by atoms with van der Waals surface area (Å²) in [5.41, 5.74) is -0.596. The van der Waals surface area contributed by atoms with E-state index in [0.29, 0.717) is 24.2 Å². The summed E-state index contributed by atoms with van der Waals surface area (Å²) in [5, 5.41) is 22.0. The Bertz CT molecular complexity index is 500. The minimum absolute atomic E-state index is 0.0409. The lowest BCUT2D eigenvalue weighted by molar-refractivity contribution is -0.253. The van der Waals surface area contributed by atoms with Crippen LogP contribution in [0, 0.1) is 29.1 Å². The summed E-state index contributed by atoms with van der Waals surface area (Å²) in [5.74, 6) is 2.20. The Balaban J connectivity index is 1.70. The maximum Gasteiger partial charge on any atom is 0.0753 e. The summed E-state index contributed by atoms with van der Waals surface area (Å²) in [7, 11) is 0. The molecule has 0 amide bonds. The SMILES string of the molecule is CCC[C@H]1[C@@H]2CC(C)C3(O)C[C@@H](O)CC[C@]3(C)[C@H]2CC[C@@]12CCCO2. The van der Waals surface area contributed by atoms with E-state index in [9.17, 15) is 10.2 Å². The van der Waals surface area contributed by atoms with Crippen molar-refractivity contribution in [3.63, 3.8) is 0 Å². The lowest BCUT2D eigenvalue weighted by atomic mass is 9.42. The van der Waals surface area contributed by atoms with Crippen LogP contribution in [-0.4, -0.2) is 34.1 Å². The summed E-state index contributed by atoms with van der Waals surface area (Å²) >= 11 is 0. The number of hydrogen-bond donors (Lipinski definition) is 2. The highest BCUT2D eigenvalue weighted by atomic mass is 16.5. The lowest BCUT2D eigenvalue weighted by Crippen LogP contribution is -2.67. The van der Waals surface area contributed by atoms with Crippen LogP contribution < -0.4 is 0 Å². The van der Waals surface area contributed by atoms with Gasteiger partial charge < -0.3 is 14.9 Å². The molecule has 1 spiro atoms. The van der Waals surface area contributed by atoms with Crippen molar-refractivity contribution in [2.24, 2.45) is 29.1 Å². The average molecular weight is 351 g/mol. The minimum atomic E-state index is -0.691. The molecule has 3 saturated carbocycles. The van der Waals surface area contributed by atoms with Crippen LogP contribution in [0.3, 0.4) is 0 Å². The first-order valence-corrected chi connectivity index (χ1v) is 10.9. The van der Waals surface area contributed by atoms with E-state index in [1.807, 2.05) is 0 Å². The molecule has 1 aliphatic heterocycles. The third kappa shape index (κ3) is 2.48. The molecule has 4 aliphatic rings. The monoisotopic (exact) mass is 350 g/mol. The second-order valence-electron chi connectivity index (χ2n) is 10.1. The Morgan fingerprint density at radius 1 is 1.16 bits per heavy atom. The molecule has 3 heteroatoms. The number of ether oxygens (including phenoxy) is 1. The first-order chi connectivity index (χ1) is 11.9. The molecule has 0 aromatic carbocycles. The van der Waals surface area contributed by atoms with Crippen molar-refractivity contribution in [2.45, 2.75) is 102 Å². The average Bonchev–Trinajstić information content (AvgIpc) is 3.03. The van der Waals surface area contributed by atoms with E-state index in [1.54, 1.807) is 0 Å². The fraction of sp³-hybridized carbons (Fsp3) is 1.00. The Hall–Kier alpha value is -0.120. The molecule has 1 heterocycles. The second kappa shape index (κ2) is 6.21. The summed E-state index contributed by atoms with van der Waals surface area (Å²) < 4.78 is 6.44. The quantitative estimate of drug-likeness (QED) is 0.780. The van der Waals surface area contributed by atoms with E-state index < -0.39 is 5.60 Å². The largest absolute Gasteiger partial charge is 0.393 e. The third-order valence-electron chi connectivity index (χ3n) is 9.11. The fourth-order valence-electron chi connectivity index (χ4n) is 7.84. The number of fused-ring (bicyclic) bond motifs is 3. The second-order valence-corrected chi connectivity index (χ2v) is 10.1. The van der Waals surface area contributed by atoms with Gasteiger partial charge in [0.15, 0.2) is 0 Å². The van der Waals surface area contributed by atoms with Crippen LogP contribution in [0.1, 0.15) is 85.0 Å². The minimum Gasteiger partial charge on any atom is -0.393 e. The van der Waals surface area contributed by atoms with E-state index in [0.717, 1.165) is 25.9 Å². The van der Waals surface area contributed by atoms with Crippen LogP contribution in [-0.2, 0) is 4.74 Å². The molecule has 144 valence electrons. The van der Waals surface area contributed by atoms with Crippen LogP contribution >= 0.6 is 0 Å². The molecular formula is C22H38O3. The molecule has 0 aromatic heterocycles. The molecule has 4 rings (SSSR count). The van der Waals surface area contributed by atoms with Gasteiger partial charge in [0.2, 0.25) is 0 Å². The standard InChI is InChI=1S/C22H38O3/c1-4-6-19-17-13-15(2)22(24)14-16(23)7-10-20(22,3)18(17)8-11-21(19)9-5-12-25-21/h15-19,23-24H,4-14H2,1-3H3/t15?,16-,17+,18-,19-,20+,21-,22?/m0/s1. The van der Waals surface area contributed by atoms with Gasteiger partial charge in [-0.1, -0.05) is 27.2 Å². The van der Waals surface area contributed by atoms with Crippen molar-refractivity contribution in [1.29, 1.82) is 0 Å². The molecule has 25 heavy (non-hydrogen) atoms. The molecule has 8 atom stereocenters. The molecule has 2 unspecified atom stereocenters. The van der Waals surface area contributed by atoms with Crippen molar-refractivity contribution in [3.8, 4) is 0 Å². The highest BCUT2D eigenvalue weighted by Gasteiger charge is 2.65. The van der Waals surface area contributed by atoms with Gasteiger partial charge in [-0.05, 0) is 80.5 Å². The summed E-state index contributed by atoms with van der Waals surface area (Å²) in [6.45, 7) is 7.85. The maximum atomic E-state index is 11.7. The van der Waals surface area contributed by atoms with E-state index >= 15 is 0 Å². The van der Waals surface area contributed by atoms with Crippen molar-refractivity contribution in [3.05, 3.63) is 0 Å². The number of aliphatic hydroxyl groups is 2.